The van der Waals surface area contributed by atoms with Crippen LogP contribution in [0.1, 0.15) is 27.7 Å². The van der Waals surface area contributed by atoms with E-state index in [9.17, 15) is 9.59 Å². The fourth-order valence-electron chi connectivity index (χ4n) is 3.04. The topological polar surface area (TPSA) is 52.0 Å². The van der Waals surface area contributed by atoms with E-state index in [2.05, 4.69) is 6.92 Å². The van der Waals surface area contributed by atoms with Gasteiger partial charge in [-0.05, 0) is 31.5 Å². The van der Waals surface area contributed by atoms with Gasteiger partial charge in [0.1, 0.15) is 4.83 Å². The molecule has 0 N–H and O–H groups in total. The Morgan fingerprint density at radius 2 is 1.83 bits per heavy atom. The van der Waals surface area contributed by atoms with Crippen LogP contribution >= 0.6 is 23.1 Å². The van der Waals surface area contributed by atoms with Crippen LogP contribution in [-0.4, -0.2) is 21.1 Å². The van der Waals surface area contributed by atoms with Crippen LogP contribution < -0.4 is 5.56 Å². The van der Waals surface area contributed by atoms with E-state index in [0.29, 0.717) is 16.1 Å². The van der Waals surface area contributed by atoms with E-state index in [0.717, 1.165) is 27.4 Å². The molecule has 0 radical (unpaired) electrons. The maximum absolute atomic E-state index is 13.3. The number of thioether (sulfide) groups is 1. The van der Waals surface area contributed by atoms with Gasteiger partial charge in [-0.25, -0.2) is 4.98 Å². The molecule has 0 aliphatic carbocycles. The molecule has 0 saturated heterocycles. The van der Waals surface area contributed by atoms with Crippen LogP contribution in [0.2, 0.25) is 0 Å². The number of ketones is 1. The summed E-state index contributed by atoms with van der Waals surface area (Å²) in [7, 11) is 0. The lowest BCUT2D eigenvalue weighted by atomic mass is 10.1. The Balaban J connectivity index is 1.74. The van der Waals surface area contributed by atoms with E-state index < -0.39 is 0 Å². The summed E-state index contributed by atoms with van der Waals surface area (Å²) in [5, 5.41) is 1.17. The van der Waals surface area contributed by atoms with E-state index in [1.807, 2.05) is 67.6 Å². The predicted octanol–water partition coefficient (Wildman–Crippen LogP) is 5.29. The summed E-state index contributed by atoms with van der Waals surface area (Å²) in [4.78, 5) is 32.5. The van der Waals surface area contributed by atoms with Crippen molar-refractivity contribution in [2.24, 2.45) is 0 Å². The minimum absolute atomic E-state index is 0.0179. The molecule has 4 rings (SSSR count). The Kier molecular flexibility index (Phi) is 5.65. The number of carbonyl (C=O) groups is 1. The molecular weight excluding hydrogens is 400 g/mol. The van der Waals surface area contributed by atoms with Gasteiger partial charge in [-0.2, -0.15) is 0 Å². The first-order chi connectivity index (χ1) is 14.1. The smallest absolute Gasteiger partial charge is 0.267 e. The maximum Gasteiger partial charge on any atom is 0.267 e. The summed E-state index contributed by atoms with van der Waals surface area (Å²) in [5.41, 5.74) is 2.44. The standard InChI is InChI=1S/C23H20N2O2S2/c1-3-18-13-19-21(29-18)24-23(25(22(19)27)17-7-5-4-6-8-17)28-14-20(26)16-11-9-15(2)10-12-16/h4-13H,3,14H2,1-2H3. The second-order valence-electron chi connectivity index (χ2n) is 6.73. The second kappa shape index (κ2) is 8.35. The molecule has 146 valence electrons. The molecule has 6 heteroatoms. The molecule has 0 atom stereocenters. The van der Waals surface area contributed by atoms with Crippen LogP contribution in [0, 0.1) is 6.92 Å². The molecule has 0 saturated carbocycles. The highest BCUT2D eigenvalue weighted by atomic mass is 32.2. The summed E-state index contributed by atoms with van der Waals surface area (Å²) in [6.07, 6.45) is 0.861. The van der Waals surface area contributed by atoms with E-state index in [4.69, 9.17) is 4.98 Å². The lowest BCUT2D eigenvalue weighted by Gasteiger charge is -2.11. The molecule has 0 aliphatic heterocycles. The number of aryl methyl sites for hydroxylation is 2. The van der Waals surface area contributed by atoms with Crippen molar-refractivity contribution in [1.82, 2.24) is 9.55 Å². The van der Waals surface area contributed by atoms with Gasteiger partial charge in [0.2, 0.25) is 0 Å². The molecule has 4 aromatic rings. The first-order valence-electron chi connectivity index (χ1n) is 9.40. The molecule has 2 aromatic heterocycles. The number of rotatable bonds is 6. The number of thiophene rings is 1. The van der Waals surface area contributed by atoms with Crippen molar-refractivity contribution in [3.05, 3.63) is 87.0 Å². The lowest BCUT2D eigenvalue weighted by Crippen LogP contribution is -2.21. The SMILES string of the molecule is CCc1cc2c(=O)n(-c3ccccc3)c(SCC(=O)c3ccc(C)cc3)nc2s1. The minimum Gasteiger partial charge on any atom is -0.293 e. The van der Waals surface area contributed by atoms with E-state index in [1.54, 1.807) is 4.57 Å². The Bertz CT molecular complexity index is 1230. The number of hydrogen-bond donors (Lipinski definition) is 0. The van der Waals surface area contributed by atoms with Crippen molar-refractivity contribution >= 4 is 39.1 Å². The van der Waals surface area contributed by atoms with E-state index in [-0.39, 0.29) is 17.1 Å². The molecule has 0 spiro atoms. The van der Waals surface area contributed by atoms with Crippen molar-refractivity contribution in [3.8, 4) is 5.69 Å². The summed E-state index contributed by atoms with van der Waals surface area (Å²) in [6, 6.07) is 18.9. The van der Waals surface area contributed by atoms with Gasteiger partial charge < -0.3 is 0 Å². The van der Waals surface area contributed by atoms with Gasteiger partial charge in [0, 0.05) is 10.4 Å². The van der Waals surface area contributed by atoms with Crippen LogP contribution in [0.3, 0.4) is 0 Å². The quantitative estimate of drug-likeness (QED) is 0.241. The normalized spacial score (nSPS) is 11.1. The molecule has 2 aromatic carbocycles. The molecule has 29 heavy (non-hydrogen) atoms. The summed E-state index contributed by atoms with van der Waals surface area (Å²) in [5.74, 6) is 0.240. The summed E-state index contributed by atoms with van der Waals surface area (Å²) >= 11 is 2.84. The van der Waals surface area contributed by atoms with Crippen LogP contribution in [0.15, 0.2) is 70.6 Å². The molecule has 2 heterocycles. The Hall–Kier alpha value is -2.70. The van der Waals surface area contributed by atoms with Crippen molar-refractivity contribution in [2.75, 3.05) is 5.75 Å². The van der Waals surface area contributed by atoms with Gasteiger partial charge in [0.15, 0.2) is 10.9 Å². The van der Waals surface area contributed by atoms with Crippen molar-refractivity contribution < 1.29 is 4.79 Å². The predicted molar refractivity (Wildman–Crippen MR) is 121 cm³/mol. The number of carbonyl (C=O) groups excluding carboxylic acids is 1. The van der Waals surface area contributed by atoms with Gasteiger partial charge in [-0.15, -0.1) is 11.3 Å². The van der Waals surface area contributed by atoms with Gasteiger partial charge >= 0.3 is 0 Å². The molecule has 0 bridgehead atoms. The van der Waals surface area contributed by atoms with E-state index >= 15 is 0 Å². The Labute approximate surface area is 177 Å². The van der Waals surface area contributed by atoms with Crippen LogP contribution in [0.5, 0.6) is 0 Å². The highest BCUT2D eigenvalue weighted by Crippen LogP contribution is 2.27. The first kappa shape index (κ1) is 19.6. The average Bonchev–Trinajstić information content (AvgIpc) is 3.17. The first-order valence-corrected chi connectivity index (χ1v) is 11.2. The fourth-order valence-corrected chi connectivity index (χ4v) is 4.96. The monoisotopic (exact) mass is 420 g/mol. The third-order valence-electron chi connectivity index (χ3n) is 4.65. The summed E-state index contributed by atoms with van der Waals surface area (Å²) in [6.45, 7) is 4.06. The molecule has 0 fully saturated rings. The highest BCUT2D eigenvalue weighted by Gasteiger charge is 2.17. The third kappa shape index (κ3) is 4.04. The van der Waals surface area contributed by atoms with Crippen molar-refractivity contribution in [2.45, 2.75) is 25.4 Å². The Morgan fingerprint density at radius 1 is 1.10 bits per heavy atom. The zero-order chi connectivity index (χ0) is 20.4. The number of fused-ring (bicyclic) bond motifs is 1. The van der Waals surface area contributed by atoms with Gasteiger partial charge in [0.05, 0.1) is 16.8 Å². The van der Waals surface area contributed by atoms with Crippen LogP contribution in [0.25, 0.3) is 15.9 Å². The zero-order valence-corrected chi connectivity index (χ0v) is 17.8. The maximum atomic E-state index is 13.3. The van der Waals surface area contributed by atoms with Crippen LogP contribution in [-0.2, 0) is 6.42 Å². The molecule has 4 nitrogen and oxygen atoms in total. The molecule has 0 amide bonds. The van der Waals surface area contributed by atoms with Gasteiger partial charge in [-0.3, -0.25) is 14.2 Å². The number of nitrogens with zero attached hydrogens (tertiary/aromatic N) is 2. The summed E-state index contributed by atoms with van der Waals surface area (Å²) < 4.78 is 1.61. The number of aromatic nitrogens is 2. The van der Waals surface area contributed by atoms with Gasteiger partial charge in [-0.1, -0.05) is 66.7 Å². The highest BCUT2D eigenvalue weighted by molar-refractivity contribution is 7.99. The van der Waals surface area contributed by atoms with E-state index in [1.165, 1.54) is 23.1 Å². The van der Waals surface area contributed by atoms with Crippen molar-refractivity contribution in [3.63, 3.8) is 0 Å². The number of benzene rings is 2. The van der Waals surface area contributed by atoms with Crippen molar-refractivity contribution in [1.29, 1.82) is 0 Å². The largest absolute Gasteiger partial charge is 0.293 e. The number of para-hydroxylation sites is 1. The minimum atomic E-state index is -0.0950. The number of hydrogen-bond acceptors (Lipinski definition) is 5. The van der Waals surface area contributed by atoms with Gasteiger partial charge in [0.25, 0.3) is 5.56 Å². The fraction of sp³-hybridized carbons (Fsp3) is 0.174. The zero-order valence-electron chi connectivity index (χ0n) is 16.2. The number of Topliss-reactive ketones (excluding diaryl/α,β-unsaturated/α-hetero) is 1. The van der Waals surface area contributed by atoms with Crippen LogP contribution in [0.4, 0.5) is 0 Å². The molecule has 0 unspecified atom stereocenters. The lowest BCUT2D eigenvalue weighted by molar-refractivity contribution is 0.102. The molecule has 0 aliphatic rings. The average molecular weight is 421 g/mol. The third-order valence-corrected chi connectivity index (χ3v) is 6.77. The molecular formula is C23H20N2O2S2. The Morgan fingerprint density at radius 3 is 2.52 bits per heavy atom. The second-order valence-corrected chi connectivity index (χ2v) is 8.79.